The van der Waals surface area contributed by atoms with Gasteiger partial charge >= 0.3 is 13.8 Å². The summed E-state index contributed by atoms with van der Waals surface area (Å²) in [4.78, 5) is 40.8. The summed E-state index contributed by atoms with van der Waals surface area (Å²) in [6.07, 6.45) is -2.40. The maximum atomic E-state index is 9.74. The van der Waals surface area contributed by atoms with Crippen LogP contribution in [0.1, 0.15) is 0 Å². The standard InChI is InChI=1S/C3H4O5.H3O4P/c4-1(2(5)6)3(7)8;1-5(2,3)4/h2,5-6H,(H,7,8);(H3,1,2,3,4). The molecule has 0 aliphatic rings. The Morgan fingerprint density at radius 1 is 1.08 bits per heavy atom. The predicted molar refractivity (Wildman–Crippen MR) is 35.1 cm³/mol. The third kappa shape index (κ3) is 18.3. The van der Waals surface area contributed by atoms with E-state index in [-0.39, 0.29) is 0 Å². The molecule has 0 rings (SSSR count). The minimum Gasteiger partial charge on any atom is -0.475 e. The van der Waals surface area contributed by atoms with Crippen molar-refractivity contribution in [2.45, 2.75) is 6.29 Å². The van der Waals surface area contributed by atoms with Gasteiger partial charge in [-0.05, 0) is 0 Å². The van der Waals surface area contributed by atoms with Gasteiger partial charge in [-0.3, -0.25) is 4.79 Å². The number of carboxylic acids is 1. The van der Waals surface area contributed by atoms with Crippen molar-refractivity contribution in [2.75, 3.05) is 0 Å². The first-order valence-corrected chi connectivity index (χ1v) is 4.03. The van der Waals surface area contributed by atoms with Crippen LogP contribution in [-0.4, -0.2) is 48.0 Å². The largest absolute Gasteiger partial charge is 0.475 e. The Hall–Kier alpha value is -0.830. The predicted octanol–water partition coefficient (Wildman–Crippen LogP) is -2.98. The summed E-state index contributed by atoms with van der Waals surface area (Å²) < 4.78 is 8.88. The minimum atomic E-state index is -4.64. The number of hydrogen-bond acceptors (Lipinski definition) is 5. The summed E-state index contributed by atoms with van der Waals surface area (Å²) >= 11 is 0. The lowest BCUT2D eigenvalue weighted by atomic mass is 10.4. The van der Waals surface area contributed by atoms with Crippen molar-refractivity contribution in [1.82, 2.24) is 0 Å². The van der Waals surface area contributed by atoms with Crippen molar-refractivity contribution >= 4 is 19.6 Å². The van der Waals surface area contributed by atoms with E-state index < -0.39 is 25.9 Å². The van der Waals surface area contributed by atoms with Crippen LogP contribution in [0.5, 0.6) is 0 Å². The zero-order chi connectivity index (χ0) is 11.2. The second-order valence-corrected chi connectivity index (χ2v) is 2.58. The number of carbonyl (C=O) groups excluding carboxylic acids is 1. The SMILES string of the molecule is O=C(O)C(=O)C(O)O.O=P(O)(O)O. The van der Waals surface area contributed by atoms with Gasteiger partial charge in [0.25, 0.3) is 5.78 Å². The second kappa shape index (κ2) is 5.75. The van der Waals surface area contributed by atoms with Crippen molar-refractivity contribution in [2.24, 2.45) is 0 Å². The highest BCUT2D eigenvalue weighted by Crippen LogP contribution is 2.25. The lowest BCUT2D eigenvalue weighted by molar-refractivity contribution is -0.163. The van der Waals surface area contributed by atoms with E-state index in [1.165, 1.54) is 0 Å². The molecule has 6 N–H and O–H groups in total. The summed E-state index contributed by atoms with van der Waals surface area (Å²) in [5.41, 5.74) is 0. The van der Waals surface area contributed by atoms with Crippen LogP contribution in [0.3, 0.4) is 0 Å². The first kappa shape index (κ1) is 14.7. The van der Waals surface area contributed by atoms with Crippen LogP contribution in [0, 0.1) is 0 Å². The Balaban J connectivity index is 0. The quantitative estimate of drug-likeness (QED) is 0.160. The molecule has 0 saturated carbocycles. The van der Waals surface area contributed by atoms with Gasteiger partial charge in [-0.15, -0.1) is 0 Å². The zero-order valence-corrected chi connectivity index (χ0v) is 6.83. The van der Waals surface area contributed by atoms with Crippen LogP contribution in [-0.2, 0) is 14.2 Å². The van der Waals surface area contributed by atoms with Gasteiger partial charge in [0, 0.05) is 0 Å². The van der Waals surface area contributed by atoms with Crippen LogP contribution in [0.2, 0.25) is 0 Å². The first-order chi connectivity index (χ1) is 5.55. The smallest absolute Gasteiger partial charge is 0.466 e. The normalized spacial score (nSPS) is 10.3. The number of ketones is 1. The number of carbonyl (C=O) groups is 2. The van der Waals surface area contributed by atoms with E-state index in [4.69, 9.17) is 34.6 Å². The first-order valence-electron chi connectivity index (χ1n) is 2.47. The van der Waals surface area contributed by atoms with Crippen molar-refractivity contribution < 1.29 is 44.2 Å². The molecule has 0 unspecified atom stereocenters. The van der Waals surface area contributed by atoms with E-state index in [0.29, 0.717) is 0 Å². The molecule has 0 bridgehead atoms. The van der Waals surface area contributed by atoms with Crippen molar-refractivity contribution in [1.29, 1.82) is 0 Å². The number of phosphoric acid groups is 1. The van der Waals surface area contributed by atoms with E-state index in [9.17, 15) is 9.59 Å². The Kier molecular flexibility index (Phi) is 6.50. The van der Waals surface area contributed by atoms with E-state index in [2.05, 4.69) is 0 Å². The van der Waals surface area contributed by atoms with Crippen molar-refractivity contribution in [3.05, 3.63) is 0 Å². The monoisotopic (exact) mass is 218 g/mol. The molecule has 0 atom stereocenters. The number of aliphatic hydroxyl groups is 2. The molecule has 0 aliphatic carbocycles. The molecule has 10 heteroatoms. The number of hydrogen-bond donors (Lipinski definition) is 6. The molecule has 0 fully saturated rings. The molecule has 0 heterocycles. The molecule has 78 valence electrons. The van der Waals surface area contributed by atoms with E-state index in [1.54, 1.807) is 0 Å². The van der Waals surface area contributed by atoms with Gasteiger partial charge in [-0.2, -0.15) is 0 Å². The number of aliphatic carboxylic acids is 1. The molecule has 0 radical (unpaired) electrons. The van der Waals surface area contributed by atoms with Gasteiger partial charge in [0.15, 0.2) is 0 Å². The van der Waals surface area contributed by atoms with Gasteiger partial charge < -0.3 is 30.0 Å². The highest BCUT2D eigenvalue weighted by molar-refractivity contribution is 7.45. The molecule has 0 saturated heterocycles. The Morgan fingerprint density at radius 3 is 1.31 bits per heavy atom. The van der Waals surface area contributed by atoms with Gasteiger partial charge in [-0.25, -0.2) is 9.36 Å². The second-order valence-electron chi connectivity index (χ2n) is 1.56. The molecule has 0 aliphatic heterocycles. The molecule has 9 nitrogen and oxygen atoms in total. The number of carboxylic acid groups (broad SMARTS) is 1. The van der Waals surface area contributed by atoms with Crippen LogP contribution in [0.15, 0.2) is 0 Å². The summed E-state index contributed by atoms with van der Waals surface area (Å²) in [7, 11) is -4.64. The summed E-state index contributed by atoms with van der Waals surface area (Å²) in [6, 6.07) is 0. The van der Waals surface area contributed by atoms with Crippen molar-refractivity contribution in [3.63, 3.8) is 0 Å². The highest BCUT2D eigenvalue weighted by Gasteiger charge is 2.18. The average Bonchev–Trinajstić information content (AvgIpc) is 1.81. The van der Waals surface area contributed by atoms with Crippen LogP contribution < -0.4 is 0 Å². The fourth-order valence-corrected chi connectivity index (χ4v) is 0.110. The van der Waals surface area contributed by atoms with Gasteiger partial charge in [0.2, 0.25) is 6.29 Å². The third-order valence-electron chi connectivity index (χ3n) is 0.445. The maximum absolute atomic E-state index is 9.74. The summed E-state index contributed by atoms with van der Waals surface area (Å²) in [5.74, 6) is -3.47. The highest BCUT2D eigenvalue weighted by atomic mass is 31.2. The lowest BCUT2D eigenvalue weighted by Crippen LogP contribution is -2.27. The molecule has 0 aromatic carbocycles. The number of Topliss-reactive ketones (excluding diaryl/α,β-unsaturated/α-hetero) is 1. The lowest BCUT2D eigenvalue weighted by Gasteiger charge is -1.92. The van der Waals surface area contributed by atoms with Crippen LogP contribution in [0.25, 0.3) is 0 Å². The summed E-state index contributed by atoms with van der Waals surface area (Å²) in [5, 5.41) is 23.3. The van der Waals surface area contributed by atoms with Crippen LogP contribution >= 0.6 is 7.82 Å². The van der Waals surface area contributed by atoms with Gasteiger partial charge in [-0.1, -0.05) is 0 Å². The number of rotatable bonds is 2. The Bertz CT molecular complexity index is 217. The number of aliphatic hydroxyl groups excluding tert-OH is 1. The van der Waals surface area contributed by atoms with Crippen LogP contribution in [0.4, 0.5) is 0 Å². The fourth-order valence-electron chi connectivity index (χ4n) is 0.110. The van der Waals surface area contributed by atoms with E-state index >= 15 is 0 Å². The zero-order valence-electron chi connectivity index (χ0n) is 5.93. The Labute approximate surface area is 71.1 Å². The van der Waals surface area contributed by atoms with E-state index in [0.717, 1.165) is 0 Å². The molecule has 13 heavy (non-hydrogen) atoms. The minimum absolute atomic E-state index is 1.62. The molecular weight excluding hydrogens is 211 g/mol. The van der Waals surface area contributed by atoms with Gasteiger partial charge in [0.1, 0.15) is 0 Å². The fraction of sp³-hybridized carbons (Fsp3) is 0.333. The molecular formula is C3H7O9P. The summed E-state index contributed by atoms with van der Waals surface area (Å²) in [6.45, 7) is 0. The van der Waals surface area contributed by atoms with Crippen molar-refractivity contribution in [3.8, 4) is 0 Å². The maximum Gasteiger partial charge on any atom is 0.466 e. The topological polar surface area (TPSA) is 173 Å². The molecule has 0 aromatic rings. The molecule has 0 aromatic heterocycles. The van der Waals surface area contributed by atoms with E-state index in [1.807, 2.05) is 0 Å². The third-order valence-corrected chi connectivity index (χ3v) is 0.445. The molecule has 0 spiro atoms. The molecule has 0 amide bonds. The Morgan fingerprint density at radius 2 is 1.31 bits per heavy atom. The average molecular weight is 218 g/mol. The van der Waals surface area contributed by atoms with Gasteiger partial charge in [0.05, 0.1) is 0 Å².